The molecule has 0 saturated carbocycles. The number of aromatic nitrogens is 5. The Morgan fingerprint density at radius 3 is 2.88 bits per heavy atom. The molecule has 0 radical (unpaired) electrons. The Morgan fingerprint density at radius 1 is 1.36 bits per heavy atom. The molecule has 0 bridgehead atoms. The van der Waals surface area contributed by atoms with Crippen LogP contribution in [0.2, 0.25) is 0 Å². The SMILES string of the molecule is CC1=CCC1NC(=O)OC1CN(c2cc(-c3c[nH]c(=O)[nH]c3=O)nn3ccnc23)CC1(F)F. The van der Waals surface area contributed by atoms with Crippen LogP contribution in [0.15, 0.2) is 45.9 Å². The molecule has 0 spiro atoms. The summed E-state index contributed by atoms with van der Waals surface area (Å²) in [5, 5.41) is 6.86. The second-order valence-corrected chi connectivity index (χ2v) is 8.01. The van der Waals surface area contributed by atoms with Crippen molar-refractivity contribution in [2.75, 3.05) is 18.0 Å². The van der Waals surface area contributed by atoms with Crippen molar-refractivity contribution in [3.63, 3.8) is 0 Å². The molecule has 172 valence electrons. The molecule has 3 aromatic rings. The number of halogens is 2. The van der Waals surface area contributed by atoms with Gasteiger partial charge in [-0.2, -0.15) is 5.10 Å². The topological polar surface area (TPSA) is 137 Å². The first-order valence-corrected chi connectivity index (χ1v) is 10.1. The molecule has 33 heavy (non-hydrogen) atoms. The summed E-state index contributed by atoms with van der Waals surface area (Å²) < 4.78 is 36.0. The predicted molar refractivity (Wildman–Crippen MR) is 112 cm³/mol. The van der Waals surface area contributed by atoms with Crippen molar-refractivity contribution in [3.05, 3.63) is 57.1 Å². The van der Waals surface area contributed by atoms with E-state index in [0.717, 1.165) is 5.57 Å². The van der Waals surface area contributed by atoms with Gasteiger partial charge in [0.2, 0.25) is 0 Å². The molecule has 1 amide bonds. The molecule has 2 aliphatic rings. The molecule has 11 nitrogen and oxygen atoms in total. The summed E-state index contributed by atoms with van der Waals surface area (Å²) in [6.07, 6.45) is 4.13. The molecule has 1 saturated heterocycles. The standard InChI is InChI=1S/C20H19F2N7O4/c1-10-2-3-12(10)25-19(32)33-15-8-28(9-20(15,21)22)14-6-13(27-29-5-4-23-16(14)29)11-7-24-18(31)26-17(11)30/h2,4-7,12,15H,3,8-9H2,1H3,(H,25,32)(H2,24,26,30,31). The van der Waals surface area contributed by atoms with Crippen molar-refractivity contribution in [2.45, 2.75) is 31.4 Å². The molecule has 1 aliphatic heterocycles. The Labute approximate surface area is 184 Å². The van der Waals surface area contributed by atoms with Crippen LogP contribution in [0.1, 0.15) is 13.3 Å². The number of carbonyl (C=O) groups is 1. The van der Waals surface area contributed by atoms with Gasteiger partial charge in [-0.05, 0) is 19.4 Å². The zero-order valence-corrected chi connectivity index (χ0v) is 17.3. The third-order valence-electron chi connectivity index (χ3n) is 5.80. The van der Waals surface area contributed by atoms with Gasteiger partial charge < -0.3 is 19.9 Å². The van der Waals surface area contributed by atoms with E-state index in [1.54, 1.807) is 0 Å². The quantitative estimate of drug-likeness (QED) is 0.496. The van der Waals surface area contributed by atoms with E-state index in [1.165, 1.54) is 34.1 Å². The van der Waals surface area contributed by atoms with E-state index in [0.29, 0.717) is 6.42 Å². The van der Waals surface area contributed by atoms with Gasteiger partial charge in [0.05, 0.1) is 30.4 Å². The average molecular weight is 459 g/mol. The number of nitrogens with one attached hydrogen (secondary N) is 3. The molecule has 3 aromatic heterocycles. The third-order valence-corrected chi connectivity index (χ3v) is 5.80. The Hall–Kier alpha value is -4.03. The maximum atomic E-state index is 14.8. The number of hydrogen-bond donors (Lipinski definition) is 3. The van der Waals surface area contributed by atoms with E-state index in [9.17, 15) is 23.2 Å². The van der Waals surface area contributed by atoms with Gasteiger partial charge in [-0.3, -0.25) is 9.78 Å². The Kier molecular flexibility index (Phi) is 4.76. The van der Waals surface area contributed by atoms with Gasteiger partial charge in [0.25, 0.3) is 5.56 Å². The van der Waals surface area contributed by atoms with Crippen molar-refractivity contribution in [1.82, 2.24) is 29.9 Å². The fourth-order valence-electron chi connectivity index (χ4n) is 3.88. The molecule has 4 heterocycles. The number of carbonyl (C=O) groups excluding carboxylic acids is 1. The van der Waals surface area contributed by atoms with Crippen LogP contribution in [0.25, 0.3) is 16.9 Å². The first-order valence-electron chi connectivity index (χ1n) is 10.1. The van der Waals surface area contributed by atoms with Gasteiger partial charge in [-0.1, -0.05) is 11.6 Å². The summed E-state index contributed by atoms with van der Waals surface area (Å²) >= 11 is 0. The molecule has 2 atom stereocenters. The summed E-state index contributed by atoms with van der Waals surface area (Å²) in [7, 11) is 0. The highest BCUT2D eigenvalue weighted by Gasteiger charge is 2.51. The lowest BCUT2D eigenvalue weighted by Gasteiger charge is -2.26. The summed E-state index contributed by atoms with van der Waals surface area (Å²) in [5.41, 5.74) is 0.351. The number of imidazole rings is 1. The zero-order valence-electron chi connectivity index (χ0n) is 17.3. The van der Waals surface area contributed by atoms with E-state index < -0.39 is 35.9 Å². The minimum atomic E-state index is -3.32. The summed E-state index contributed by atoms with van der Waals surface area (Å²) in [6, 6.07) is 1.23. The largest absolute Gasteiger partial charge is 0.438 e. The number of fused-ring (bicyclic) bond motifs is 1. The number of hydrogen-bond acceptors (Lipinski definition) is 7. The molecule has 0 aromatic carbocycles. The van der Waals surface area contributed by atoms with Crippen molar-refractivity contribution in [2.24, 2.45) is 0 Å². The van der Waals surface area contributed by atoms with E-state index in [1.807, 2.05) is 13.0 Å². The van der Waals surface area contributed by atoms with Crippen molar-refractivity contribution >= 4 is 17.4 Å². The smallest absolute Gasteiger partial charge is 0.408 e. The van der Waals surface area contributed by atoms with Gasteiger partial charge in [-0.25, -0.2) is 27.9 Å². The number of alkyl carbamates (subject to hydrolysis) is 1. The Bertz CT molecular complexity index is 1390. The molecule has 5 rings (SSSR count). The number of H-pyrrole nitrogens is 2. The van der Waals surface area contributed by atoms with Gasteiger partial charge >= 0.3 is 17.7 Å². The molecule has 1 aliphatic carbocycles. The van der Waals surface area contributed by atoms with Crippen LogP contribution >= 0.6 is 0 Å². The number of anilines is 1. The summed E-state index contributed by atoms with van der Waals surface area (Å²) in [5.74, 6) is -3.32. The minimum Gasteiger partial charge on any atom is -0.438 e. The van der Waals surface area contributed by atoms with Crippen LogP contribution in [0, 0.1) is 0 Å². The summed E-state index contributed by atoms with van der Waals surface area (Å²) in [6.45, 7) is 0.833. The lowest BCUT2D eigenvalue weighted by molar-refractivity contribution is -0.0765. The normalized spacial score (nSPS) is 21.5. The number of amides is 1. The summed E-state index contributed by atoms with van der Waals surface area (Å²) in [4.78, 5) is 45.7. The molecular weight excluding hydrogens is 440 g/mol. The van der Waals surface area contributed by atoms with E-state index in [2.05, 4.69) is 25.4 Å². The van der Waals surface area contributed by atoms with E-state index in [-0.39, 0.29) is 35.2 Å². The number of rotatable bonds is 4. The van der Waals surface area contributed by atoms with Crippen LogP contribution in [0.4, 0.5) is 19.3 Å². The Morgan fingerprint density at radius 2 is 2.18 bits per heavy atom. The average Bonchev–Trinajstić information content (AvgIpc) is 3.34. The highest BCUT2D eigenvalue weighted by Crippen LogP contribution is 2.36. The first-order chi connectivity index (χ1) is 15.7. The predicted octanol–water partition coefficient (Wildman–Crippen LogP) is 1.04. The molecule has 13 heteroatoms. The van der Waals surface area contributed by atoms with Crippen molar-refractivity contribution < 1.29 is 18.3 Å². The van der Waals surface area contributed by atoms with Gasteiger partial charge in [0, 0.05) is 18.6 Å². The van der Waals surface area contributed by atoms with Crippen LogP contribution in [-0.2, 0) is 4.74 Å². The first kappa shape index (κ1) is 20.8. The van der Waals surface area contributed by atoms with Gasteiger partial charge in [-0.15, -0.1) is 0 Å². The lowest BCUT2D eigenvalue weighted by Crippen LogP contribution is -2.44. The highest BCUT2D eigenvalue weighted by molar-refractivity contribution is 5.75. The minimum absolute atomic E-state index is 0.0495. The van der Waals surface area contributed by atoms with Gasteiger partial charge in [0.15, 0.2) is 11.8 Å². The fourth-order valence-corrected chi connectivity index (χ4v) is 3.88. The van der Waals surface area contributed by atoms with Crippen LogP contribution in [0.5, 0.6) is 0 Å². The van der Waals surface area contributed by atoms with E-state index in [4.69, 9.17) is 4.74 Å². The van der Waals surface area contributed by atoms with Crippen molar-refractivity contribution in [1.29, 1.82) is 0 Å². The molecule has 1 fully saturated rings. The highest BCUT2D eigenvalue weighted by atomic mass is 19.3. The zero-order chi connectivity index (χ0) is 23.3. The maximum absolute atomic E-state index is 14.8. The number of aromatic amines is 2. The monoisotopic (exact) mass is 459 g/mol. The maximum Gasteiger partial charge on any atom is 0.408 e. The number of nitrogens with zero attached hydrogens (tertiary/aromatic N) is 4. The second kappa shape index (κ2) is 7.53. The Balaban J connectivity index is 1.44. The van der Waals surface area contributed by atoms with Crippen LogP contribution in [0.3, 0.4) is 0 Å². The van der Waals surface area contributed by atoms with Crippen LogP contribution in [-0.4, -0.2) is 61.8 Å². The third kappa shape index (κ3) is 3.75. The molecule has 3 N–H and O–H groups in total. The van der Waals surface area contributed by atoms with Crippen molar-refractivity contribution in [3.8, 4) is 11.3 Å². The van der Waals surface area contributed by atoms with E-state index >= 15 is 0 Å². The number of alkyl halides is 2. The second-order valence-electron chi connectivity index (χ2n) is 8.01. The molecular formula is C20H19F2N7O4. The van der Waals surface area contributed by atoms with Crippen LogP contribution < -0.4 is 21.5 Å². The lowest BCUT2D eigenvalue weighted by atomic mass is 9.94. The molecule has 2 unspecified atom stereocenters. The number of ether oxygens (including phenoxy) is 1. The fraction of sp³-hybridized carbons (Fsp3) is 0.350. The van der Waals surface area contributed by atoms with Gasteiger partial charge in [0.1, 0.15) is 5.69 Å².